The Morgan fingerprint density at radius 3 is 2.44 bits per heavy atom. The molecule has 0 atom stereocenters. The van der Waals surface area contributed by atoms with E-state index in [1.165, 1.54) is 0 Å². The van der Waals surface area contributed by atoms with Gasteiger partial charge in [-0.05, 0) is 24.1 Å². The van der Waals surface area contributed by atoms with E-state index in [1.807, 2.05) is 6.07 Å². The van der Waals surface area contributed by atoms with Crippen LogP contribution >= 0.6 is 23.2 Å². The van der Waals surface area contributed by atoms with Gasteiger partial charge in [0.1, 0.15) is 0 Å². The predicted octanol–water partition coefficient (Wildman–Crippen LogP) is 4.25. The Morgan fingerprint density at radius 1 is 1.19 bits per heavy atom. The van der Waals surface area contributed by atoms with Crippen LogP contribution in [0.2, 0.25) is 10.0 Å². The number of aromatic nitrogens is 1. The quantitative estimate of drug-likeness (QED) is 0.827. The first-order chi connectivity index (χ1) is 7.50. The monoisotopic (exact) mass is 254 g/mol. The Labute approximate surface area is 104 Å². The minimum atomic E-state index is 0.307. The van der Waals surface area contributed by atoms with Gasteiger partial charge in [0, 0.05) is 16.8 Å². The second-order valence-electron chi connectivity index (χ2n) is 4.04. The first-order valence-corrected chi connectivity index (χ1v) is 5.80. The number of hydrogen-bond acceptors (Lipinski definition) is 2. The van der Waals surface area contributed by atoms with Gasteiger partial charge in [0.15, 0.2) is 0 Å². The summed E-state index contributed by atoms with van der Waals surface area (Å²) in [5.74, 6) is 0.307. The Bertz CT molecular complexity index is 550. The predicted molar refractivity (Wildman–Crippen MR) is 70.3 cm³/mol. The fourth-order valence-corrected chi connectivity index (χ4v) is 2.08. The molecular formula is C12H12Cl2N2. The van der Waals surface area contributed by atoms with E-state index in [-0.39, 0.29) is 0 Å². The second kappa shape index (κ2) is 4.11. The number of pyridine rings is 1. The van der Waals surface area contributed by atoms with Gasteiger partial charge in [0.2, 0.25) is 0 Å². The lowest BCUT2D eigenvalue weighted by atomic mass is 10.1. The van der Waals surface area contributed by atoms with Crippen molar-refractivity contribution in [1.29, 1.82) is 0 Å². The number of anilines is 1. The average Bonchev–Trinajstić information content (AvgIpc) is 2.22. The van der Waals surface area contributed by atoms with Gasteiger partial charge >= 0.3 is 0 Å². The molecule has 0 saturated carbocycles. The molecule has 0 fully saturated rings. The zero-order chi connectivity index (χ0) is 11.9. The van der Waals surface area contributed by atoms with Gasteiger partial charge in [0.05, 0.1) is 15.6 Å². The molecule has 0 spiro atoms. The molecule has 2 rings (SSSR count). The van der Waals surface area contributed by atoms with Crippen LogP contribution in [0.25, 0.3) is 10.9 Å². The van der Waals surface area contributed by atoms with E-state index in [0.29, 0.717) is 27.2 Å². The molecule has 1 aromatic carbocycles. The molecule has 0 saturated heterocycles. The van der Waals surface area contributed by atoms with E-state index >= 15 is 0 Å². The molecule has 2 aromatic rings. The van der Waals surface area contributed by atoms with Gasteiger partial charge in [-0.15, -0.1) is 0 Å². The molecule has 16 heavy (non-hydrogen) atoms. The number of rotatable bonds is 1. The van der Waals surface area contributed by atoms with Crippen LogP contribution in [-0.4, -0.2) is 4.98 Å². The van der Waals surface area contributed by atoms with Crippen molar-refractivity contribution in [3.05, 3.63) is 33.9 Å². The molecule has 1 heterocycles. The van der Waals surface area contributed by atoms with Gasteiger partial charge in [0.25, 0.3) is 0 Å². The van der Waals surface area contributed by atoms with Crippen LogP contribution in [0.5, 0.6) is 0 Å². The maximum atomic E-state index is 6.10. The Morgan fingerprint density at radius 2 is 1.81 bits per heavy atom. The van der Waals surface area contributed by atoms with E-state index in [1.54, 1.807) is 12.1 Å². The lowest BCUT2D eigenvalue weighted by Crippen LogP contribution is -1.98. The zero-order valence-electron chi connectivity index (χ0n) is 9.09. The van der Waals surface area contributed by atoms with Gasteiger partial charge in [-0.2, -0.15) is 0 Å². The lowest BCUT2D eigenvalue weighted by molar-refractivity contribution is 0.830. The number of benzene rings is 1. The standard InChI is InChI=1S/C12H12Cl2N2/c1-6(2)10-5-9(15)11-7(13)3-4-8(14)12(11)16-10/h3-6H,1-2H3,(H2,15,16). The molecule has 0 aliphatic heterocycles. The molecule has 0 unspecified atom stereocenters. The highest BCUT2D eigenvalue weighted by atomic mass is 35.5. The Balaban J connectivity index is 2.86. The first-order valence-electron chi connectivity index (χ1n) is 5.05. The Hall–Kier alpha value is -0.990. The normalized spacial score (nSPS) is 11.3. The number of fused-ring (bicyclic) bond motifs is 1. The third kappa shape index (κ3) is 1.83. The van der Waals surface area contributed by atoms with Crippen LogP contribution < -0.4 is 5.73 Å². The molecule has 0 bridgehead atoms. The van der Waals surface area contributed by atoms with Crippen LogP contribution in [-0.2, 0) is 0 Å². The molecular weight excluding hydrogens is 243 g/mol. The maximum Gasteiger partial charge on any atom is 0.0927 e. The van der Waals surface area contributed by atoms with Crippen molar-refractivity contribution in [3.63, 3.8) is 0 Å². The van der Waals surface area contributed by atoms with Crippen molar-refractivity contribution < 1.29 is 0 Å². The summed E-state index contributed by atoms with van der Waals surface area (Å²) in [6.45, 7) is 4.12. The molecule has 0 aliphatic carbocycles. The number of nitrogens with two attached hydrogens (primary N) is 1. The molecule has 1 aromatic heterocycles. The molecule has 2 N–H and O–H groups in total. The minimum Gasteiger partial charge on any atom is -0.398 e. The van der Waals surface area contributed by atoms with Gasteiger partial charge in [-0.25, -0.2) is 0 Å². The largest absolute Gasteiger partial charge is 0.398 e. The summed E-state index contributed by atoms with van der Waals surface area (Å²) in [5.41, 5.74) is 8.21. The van der Waals surface area contributed by atoms with Crippen molar-refractivity contribution in [3.8, 4) is 0 Å². The number of nitrogens with zero attached hydrogens (tertiary/aromatic N) is 1. The van der Waals surface area contributed by atoms with E-state index in [9.17, 15) is 0 Å². The van der Waals surface area contributed by atoms with Crippen molar-refractivity contribution in [1.82, 2.24) is 4.98 Å². The average molecular weight is 255 g/mol. The third-order valence-corrected chi connectivity index (χ3v) is 3.12. The summed E-state index contributed by atoms with van der Waals surface area (Å²) in [6, 6.07) is 5.33. The summed E-state index contributed by atoms with van der Waals surface area (Å²) in [4.78, 5) is 4.50. The van der Waals surface area contributed by atoms with Gasteiger partial charge < -0.3 is 5.73 Å². The van der Waals surface area contributed by atoms with E-state index in [4.69, 9.17) is 28.9 Å². The molecule has 4 heteroatoms. The maximum absolute atomic E-state index is 6.10. The number of hydrogen-bond donors (Lipinski definition) is 1. The van der Waals surface area contributed by atoms with Crippen molar-refractivity contribution >= 4 is 39.8 Å². The highest BCUT2D eigenvalue weighted by Gasteiger charge is 2.11. The van der Waals surface area contributed by atoms with Gasteiger partial charge in [-0.1, -0.05) is 37.0 Å². The fourth-order valence-electron chi connectivity index (χ4n) is 1.61. The topological polar surface area (TPSA) is 38.9 Å². The molecule has 0 aliphatic rings. The van der Waals surface area contributed by atoms with Crippen molar-refractivity contribution in [2.75, 3.05) is 5.73 Å². The van der Waals surface area contributed by atoms with E-state index in [2.05, 4.69) is 18.8 Å². The zero-order valence-corrected chi connectivity index (χ0v) is 10.6. The SMILES string of the molecule is CC(C)c1cc(N)c2c(Cl)ccc(Cl)c2n1. The van der Waals surface area contributed by atoms with Crippen LogP contribution in [0.1, 0.15) is 25.5 Å². The van der Waals surface area contributed by atoms with Crippen LogP contribution in [0.15, 0.2) is 18.2 Å². The van der Waals surface area contributed by atoms with E-state index in [0.717, 1.165) is 11.1 Å². The van der Waals surface area contributed by atoms with Crippen LogP contribution in [0, 0.1) is 0 Å². The van der Waals surface area contributed by atoms with Crippen LogP contribution in [0.3, 0.4) is 0 Å². The number of nitrogen functional groups attached to an aromatic ring is 1. The summed E-state index contributed by atoms with van der Waals surface area (Å²) in [5, 5.41) is 1.90. The Kier molecular flexibility index (Phi) is 2.96. The van der Waals surface area contributed by atoms with Gasteiger partial charge in [-0.3, -0.25) is 4.98 Å². The summed E-state index contributed by atoms with van der Waals surface area (Å²) < 4.78 is 0. The minimum absolute atomic E-state index is 0.307. The fraction of sp³-hybridized carbons (Fsp3) is 0.250. The smallest absolute Gasteiger partial charge is 0.0927 e. The second-order valence-corrected chi connectivity index (χ2v) is 4.86. The van der Waals surface area contributed by atoms with E-state index < -0.39 is 0 Å². The third-order valence-electron chi connectivity index (χ3n) is 2.50. The van der Waals surface area contributed by atoms with Crippen molar-refractivity contribution in [2.45, 2.75) is 19.8 Å². The summed E-state index contributed by atoms with van der Waals surface area (Å²) in [7, 11) is 0. The number of halogens is 2. The molecule has 0 amide bonds. The highest BCUT2D eigenvalue weighted by Crippen LogP contribution is 2.34. The molecule has 2 nitrogen and oxygen atoms in total. The summed E-state index contributed by atoms with van der Waals surface area (Å²) in [6.07, 6.45) is 0. The molecule has 0 radical (unpaired) electrons. The lowest BCUT2D eigenvalue weighted by Gasteiger charge is -2.10. The highest BCUT2D eigenvalue weighted by molar-refractivity contribution is 6.40. The summed E-state index contributed by atoms with van der Waals surface area (Å²) >= 11 is 12.2. The van der Waals surface area contributed by atoms with Crippen LogP contribution in [0.4, 0.5) is 5.69 Å². The first kappa shape index (κ1) is 11.5. The molecule has 84 valence electrons. The van der Waals surface area contributed by atoms with Crippen molar-refractivity contribution in [2.24, 2.45) is 0 Å².